The number of rotatable bonds is 7. The summed E-state index contributed by atoms with van der Waals surface area (Å²) in [6.45, 7) is 3.69. The number of thioether (sulfide) groups is 2. The van der Waals surface area contributed by atoms with Crippen LogP contribution in [0.3, 0.4) is 0 Å². The fourth-order valence-electron chi connectivity index (χ4n) is 5.67. The molecule has 0 amide bonds. The Morgan fingerprint density at radius 2 is 1.22 bits per heavy atom. The first-order valence-corrected chi connectivity index (χ1v) is 17.3. The lowest BCUT2D eigenvalue weighted by Crippen LogP contribution is -2.47. The minimum Gasteiger partial charge on any atom is -0.388 e. The first kappa shape index (κ1) is 28.9. The summed E-state index contributed by atoms with van der Waals surface area (Å²) in [6, 6.07) is 9.56. The predicted octanol–water partition coefficient (Wildman–Crippen LogP) is 5.07. The van der Waals surface area contributed by atoms with E-state index in [9.17, 15) is 31.0 Å². The summed E-state index contributed by atoms with van der Waals surface area (Å²) in [6.07, 6.45) is 3.75. The summed E-state index contributed by atoms with van der Waals surface area (Å²) in [5, 5.41) is 11.6. The highest BCUT2D eigenvalue weighted by Crippen LogP contribution is 2.52. The molecule has 0 bridgehead atoms. The second-order valence-corrected chi connectivity index (χ2v) is 16.1. The minimum absolute atomic E-state index is 0.0685. The van der Waals surface area contributed by atoms with Gasteiger partial charge in [0.1, 0.15) is 0 Å². The molecular weight excluding hydrogens is 553 g/mol. The van der Waals surface area contributed by atoms with Gasteiger partial charge >= 0.3 is 0 Å². The van der Waals surface area contributed by atoms with Crippen molar-refractivity contribution in [2.75, 3.05) is 11.5 Å². The Labute approximate surface area is 228 Å². The molecule has 2 aromatic carbocycles. The van der Waals surface area contributed by atoms with Crippen LogP contribution >= 0.6 is 23.5 Å². The van der Waals surface area contributed by atoms with Gasteiger partial charge in [-0.15, -0.1) is 23.5 Å². The molecule has 1 aliphatic carbocycles. The van der Waals surface area contributed by atoms with Crippen molar-refractivity contribution in [1.29, 1.82) is 0 Å². The van der Waals surface area contributed by atoms with Gasteiger partial charge in [-0.25, -0.2) is 0 Å². The molecule has 0 atom stereocenters. The Kier molecular flexibility index (Phi) is 8.46. The van der Waals surface area contributed by atoms with Gasteiger partial charge in [0.25, 0.3) is 20.2 Å². The highest BCUT2D eigenvalue weighted by atomic mass is 32.2. The average Bonchev–Trinajstić information content (AvgIpc) is 2.80. The van der Waals surface area contributed by atoms with Gasteiger partial charge in [0.15, 0.2) is 0 Å². The highest BCUT2D eigenvalue weighted by molar-refractivity contribution is 8.17. The van der Waals surface area contributed by atoms with E-state index in [0.29, 0.717) is 36.8 Å². The van der Waals surface area contributed by atoms with Gasteiger partial charge in [-0.2, -0.15) is 16.8 Å². The van der Waals surface area contributed by atoms with Crippen LogP contribution in [0.1, 0.15) is 54.4 Å². The van der Waals surface area contributed by atoms with Crippen molar-refractivity contribution in [3.8, 4) is 0 Å². The van der Waals surface area contributed by atoms with Crippen LogP contribution in [0.2, 0.25) is 0 Å². The molecule has 2 aliphatic rings. The highest BCUT2D eigenvalue weighted by Gasteiger charge is 2.47. The van der Waals surface area contributed by atoms with E-state index in [1.807, 2.05) is 13.8 Å². The molecule has 204 valence electrons. The molecule has 1 aliphatic heterocycles. The van der Waals surface area contributed by atoms with Crippen molar-refractivity contribution >= 4 is 43.8 Å². The van der Waals surface area contributed by atoms with Gasteiger partial charge in [0.05, 0.1) is 20.0 Å². The maximum Gasteiger partial charge on any atom is 0.294 e. The van der Waals surface area contributed by atoms with Crippen molar-refractivity contribution in [1.82, 2.24) is 0 Å². The van der Waals surface area contributed by atoms with E-state index >= 15 is 0 Å². The van der Waals surface area contributed by atoms with E-state index in [-0.39, 0.29) is 27.2 Å². The second-order valence-electron chi connectivity index (χ2n) is 10.6. The summed E-state index contributed by atoms with van der Waals surface area (Å²) in [4.78, 5) is -0.313. The van der Waals surface area contributed by atoms with Crippen molar-refractivity contribution in [3.63, 3.8) is 0 Å². The molecule has 2 aromatic rings. The molecule has 37 heavy (non-hydrogen) atoms. The van der Waals surface area contributed by atoms with Crippen LogP contribution in [0.4, 0.5) is 0 Å². The number of hydrogen-bond donors (Lipinski definition) is 3. The number of aryl methyl sites for hydroxylation is 2. The van der Waals surface area contributed by atoms with Gasteiger partial charge in [-0.05, 0) is 99.0 Å². The lowest BCUT2D eigenvalue weighted by Gasteiger charge is -2.48. The van der Waals surface area contributed by atoms with Gasteiger partial charge in [-0.3, -0.25) is 9.11 Å². The Hall–Kier alpha value is -1.08. The molecule has 1 saturated heterocycles. The third-order valence-electron chi connectivity index (χ3n) is 7.56. The molecule has 0 spiro atoms. The molecule has 11 heteroatoms. The lowest BCUT2D eigenvalue weighted by atomic mass is 9.63. The van der Waals surface area contributed by atoms with E-state index in [0.717, 1.165) is 29.1 Å². The smallest absolute Gasteiger partial charge is 0.294 e. The summed E-state index contributed by atoms with van der Waals surface area (Å²) in [5.41, 5.74) is 1.17. The molecule has 1 saturated carbocycles. The molecule has 0 unspecified atom stereocenters. The van der Waals surface area contributed by atoms with Crippen molar-refractivity contribution in [2.24, 2.45) is 5.41 Å². The van der Waals surface area contributed by atoms with Crippen LogP contribution in [0.5, 0.6) is 0 Å². The standard InChI is InChI=1S/C26H34O7S4/c1-18-4-6-22(36(28,29)30)20(14-18)16-25(17-21-15-19(2)5-7-23(21)37(31,32)33)8-10-26(27,11-9-25)24-34-12-3-13-35-24/h4-7,14-15,24,27H,3,8-13,16-17H2,1-2H3,(H,28,29,30)(H,31,32,33). The normalized spacial score (nSPS) is 20.6. The van der Waals surface area contributed by atoms with Crippen LogP contribution in [0.25, 0.3) is 0 Å². The van der Waals surface area contributed by atoms with Gasteiger partial charge in [-0.1, -0.05) is 35.4 Å². The molecule has 3 N–H and O–H groups in total. The molecule has 4 rings (SSSR count). The van der Waals surface area contributed by atoms with E-state index < -0.39 is 31.3 Å². The molecule has 0 radical (unpaired) electrons. The fourth-order valence-corrected chi connectivity index (χ4v) is 10.4. The number of aliphatic hydroxyl groups is 1. The fraction of sp³-hybridized carbons (Fsp3) is 0.538. The Morgan fingerprint density at radius 3 is 1.62 bits per heavy atom. The third-order valence-corrected chi connectivity index (χ3v) is 12.8. The van der Waals surface area contributed by atoms with Gasteiger partial charge < -0.3 is 5.11 Å². The van der Waals surface area contributed by atoms with Crippen molar-refractivity contribution in [3.05, 3.63) is 58.7 Å². The number of hydrogen-bond acceptors (Lipinski definition) is 7. The number of benzene rings is 2. The quantitative estimate of drug-likeness (QED) is 0.381. The van der Waals surface area contributed by atoms with E-state index in [1.165, 1.54) is 12.1 Å². The summed E-state index contributed by atoms with van der Waals surface area (Å²) in [7, 11) is -8.94. The largest absolute Gasteiger partial charge is 0.388 e. The lowest BCUT2D eigenvalue weighted by molar-refractivity contribution is -0.0219. The molecule has 7 nitrogen and oxygen atoms in total. The van der Waals surface area contributed by atoms with E-state index in [4.69, 9.17) is 0 Å². The van der Waals surface area contributed by atoms with Crippen LogP contribution in [-0.2, 0) is 33.1 Å². The van der Waals surface area contributed by atoms with Crippen molar-refractivity contribution < 1.29 is 31.0 Å². The SMILES string of the molecule is Cc1ccc(S(=O)(=O)O)c(CC2(Cc3cc(C)ccc3S(=O)(=O)O)CCC(O)(C3SCCCS3)CC2)c1. The molecule has 0 aromatic heterocycles. The van der Waals surface area contributed by atoms with E-state index in [1.54, 1.807) is 47.8 Å². The first-order valence-electron chi connectivity index (χ1n) is 12.3. The van der Waals surface area contributed by atoms with Crippen LogP contribution in [-0.4, -0.2) is 52.7 Å². The maximum atomic E-state index is 12.2. The molecule has 1 heterocycles. The Morgan fingerprint density at radius 1 is 0.784 bits per heavy atom. The zero-order valence-electron chi connectivity index (χ0n) is 21.0. The van der Waals surface area contributed by atoms with Gasteiger partial charge in [0.2, 0.25) is 0 Å². The van der Waals surface area contributed by atoms with Crippen LogP contribution < -0.4 is 0 Å². The van der Waals surface area contributed by atoms with E-state index in [2.05, 4.69) is 0 Å². The Bertz CT molecular complexity index is 1270. The molecule has 2 fully saturated rings. The van der Waals surface area contributed by atoms with Crippen LogP contribution in [0.15, 0.2) is 46.2 Å². The van der Waals surface area contributed by atoms with Gasteiger partial charge in [0, 0.05) is 0 Å². The average molecular weight is 587 g/mol. The zero-order valence-corrected chi connectivity index (χ0v) is 24.3. The minimum atomic E-state index is -4.47. The summed E-state index contributed by atoms with van der Waals surface area (Å²) in [5.74, 6) is 2.01. The summed E-state index contributed by atoms with van der Waals surface area (Å²) < 4.78 is 68.7. The third kappa shape index (κ3) is 6.74. The molecular formula is C26H34O7S4. The predicted molar refractivity (Wildman–Crippen MR) is 149 cm³/mol. The second kappa shape index (κ2) is 10.8. The monoisotopic (exact) mass is 586 g/mol. The Balaban J connectivity index is 1.76. The summed E-state index contributed by atoms with van der Waals surface area (Å²) >= 11 is 3.56. The van der Waals surface area contributed by atoms with Crippen molar-refractivity contribution in [2.45, 2.75) is 78.8 Å². The van der Waals surface area contributed by atoms with Crippen LogP contribution in [0, 0.1) is 19.3 Å². The first-order chi connectivity index (χ1) is 17.2. The zero-order chi connectivity index (χ0) is 27.1. The maximum absolute atomic E-state index is 12.2. The topological polar surface area (TPSA) is 129 Å².